The molecule has 3 rings (SSSR count). The van der Waals surface area contributed by atoms with E-state index in [-0.39, 0.29) is 18.5 Å². The molecule has 0 bridgehead atoms. The van der Waals surface area contributed by atoms with Crippen LogP contribution in [0.5, 0.6) is 0 Å². The Morgan fingerprint density at radius 3 is 2.80 bits per heavy atom. The van der Waals surface area contributed by atoms with Gasteiger partial charge in [-0.2, -0.15) is 4.98 Å². The molecule has 2 heterocycles. The van der Waals surface area contributed by atoms with Crippen molar-refractivity contribution in [3.8, 4) is 11.4 Å². The number of urea groups is 1. The van der Waals surface area contributed by atoms with Crippen molar-refractivity contribution >= 4 is 11.9 Å². The largest absolute Gasteiger partial charge is 0.354 e. The van der Waals surface area contributed by atoms with Crippen LogP contribution < -0.4 is 10.6 Å². The number of carbonyl (C=O) groups is 2. The highest BCUT2D eigenvalue weighted by molar-refractivity contribution is 5.88. The summed E-state index contributed by atoms with van der Waals surface area (Å²) in [5.74, 6) is 0.689. The van der Waals surface area contributed by atoms with E-state index in [9.17, 15) is 9.59 Å². The Kier molecular flexibility index (Phi) is 4.97. The zero-order chi connectivity index (χ0) is 17.8. The van der Waals surface area contributed by atoms with E-state index in [4.69, 9.17) is 4.52 Å². The molecule has 132 valence electrons. The van der Waals surface area contributed by atoms with E-state index < -0.39 is 6.04 Å². The maximum atomic E-state index is 12.3. The van der Waals surface area contributed by atoms with Crippen molar-refractivity contribution in [3.63, 3.8) is 0 Å². The fourth-order valence-electron chi connectivity index (χ4n) is 2.60. The summed E-state index contributed by atoms with van der Waals surface area (Å²) in [5.41, 5.74) is 2.01. The maximum absolute atomic E-state index is 12.3. The van der Waals surface area contributed by atoms with Gasteiger partial charge in [-0.1, -0.05) is 35.0 Å². The number of nitrogens with one attached hydrogen (secondary N) is 2. The van der Waals surface area contributed by atoms with Crippen molar-refractivity contribution in [2.45, 2.75) is 32.9 Å². The third-order valence-electron chi connectivity index (χ3n) is 4.12. The number of rotatable bonds is 5. The third-order valence-corrected chi connectivity index (χ3v) is 4.12. The van der Waals surface area contributed by atoms with Crippen LogP contribution in [0.4, 0.5) is 4.79 Å². The standard InChI is InChI=1S/C17H21N5O3/c1-3-22(17(24)19-13-8-9-18-16(13)23)10-14-20-15(21-25-14)12-6-4-11(2)5-7-12/h4-7,13H,3,8-10H2,1-2H3,(H,18,23)(H,19,24). The summed E-state index contributed by atoms with van der Waals surface area (Å²) in [6.45, 7) is 5.09. The van der Waals surface area contributed by atoms with Crippen LogP contribution in [0.3, 0.4) is 0 Å². The lowest BCUT2D eigenvalue weighted by Crippen LogP contribution is -2.47. The van der Waals surface area contributed by atoms with E-state index in [0.29, 0.717) is 31.2 Å². The average molecular weight is 343 g/mol. The Morgan fingerprint density at radius 1 is 1.40 bits per heavy atom. The predicted octanol–water partition coefficient (Wildman–Crippen LogP) is 1.47. The summed E-state index contributed by atoms with van der Waals surface area (Å²) >= 11 is 0. The van der Waals surface area contributed by atoms with Gasteiger partial charge >= 0.3 is 6.03 Å². The van der Waals surface area contributed by atoms with Crippen LogP contribution in [0.25, 0.3) is 11.4 Å². The molecule has 1 aromatic carbocycles. The normalized spacial score (nSPS) is 16.6. The van der Waals surface area contributed by atoms with E-state index in [1.807, 2.05) is 38.1 Å². The van der Waals surface area contributed by atoms with Gasteiger partial charge in [0, 0.05) is 18.7 Å². The molecule has 1 aliphatic rings. The van der Waals surface area contributed by atoms with Gasteiger partial charge in [0.25, 0.3) is 0 Å². The molecular weight excluding hydrogens is 322 g/mol. The second-order valence-corrected chi connectivity index (χ2v) is 5.97. The van der Waals surface area contributed by atoms with Crippen LogP contribution in [0.2, 0.25) is 0 Å². The van der Waals surface area contributed by atoms with Gasteiger partial charge < -0.3 is 20.1 Å². The second kappa shape index (κ2) is 7.33. The monoisotopic (exact) mass is 343 g/mol. The van der Waals surface area contributed by atoms with Crippen molar-refractivity contribution in [2.75, 3.05) is 13.1 Å². The SMILES string of the molecule is CCN(Cc1nc(-c2ccc(C)cc2)no1)C(=O)NC1CCNC1=O. The highest BCUT2D eigenvalue weighted by atomic mass is 16.5. The number of benzene rings is 1. The molecular formula is C17H21N5O3. The summed E-state index contributed by atoms with van der Waals surface area (Å²) in [6.07, 6.45) is 0.597. The maximum Gasteiger partial charge on any atom is 0.318 e. The molecule has 25 heavy (non-hydrogen) atoms. The molecule has 1 atom stereocenters. The van der Waals surface area contributed by atoms with Crippen LogP contribution in [-0.2, 0) is 11.3 Å². The van der Waals surface area contributed by atoms with Crippen molar-refractivity contribution in [1.82, 2.24) is 25.7 Å². The van der Waals surface area contributed by atoms with Gasteiger partial charge in [-0.3, -0.25) is 4.79 Å². The minimum Gasteiger partial charge on any atom is -0.354 e. The van der Waals surface area contributed by atoms with Gasteiger partial charge in [-0.25, -0.2) is 4.79 Å². The van der Waals surface area contributed by atoms with Crippen LogP contribution in [-0.4, -0.2) is 46.1 Å². The van der Waals surface area contributed by atoms with Gasteiger partial charge in [0.15, 0.2) is 0 Å². The molecule has 0 aliphatic carbocycles. The van der Waals surface area contributed by atoms with Crippen molar-refractivity contribution < 1.29 is 14.1 Å². The number of aromatic nitrogens is 2. The van der Waals surface area contributed by atoms with Gasteiger partial charge in [0.2, 0.25) is 17.6 Å². The van der Waals surface area contributed by atoms with E-state index in [1.54, 1.807) is 0 Å². The Bertz CT molecular complexity index is 756. The van der Waals surface area contributed by atoms with Crippen LogP contribution >= 0.6 is 0 Å². The summed E-state index contributed by atoms with van der Waals surface area (Å²) < 4.78 is 5.26. The van der Waals surface area contributed by atoms with Crippen LogP contribution in [0, 0.1) is 6.92 Å². The quantitative estimate of drug-likeness (QED) is 0.856. The summed E-state index contributed by atoms with van der Waals surface area (Å²) in [5, 5.41) is 9.39. The average Bonchev–Trinajstić information content (AvgIpc) is 3.23. The van der Waals surface area contributed by atoms with Gasteiger partial charge in [0.05, 0.1) is 0 Å². The number of amides is 3. The van der Waals surface area contributed by atoms with Crippen molar-refractivity contribution in [3.05, 3.63) is 35.7 Å². The lowest BCUT2D eigenvalue weighted by Gasteiger charge is -2.21. The molecule has 2 aromatic rings. The van der Waals surface area contributed by atoms with Crippen LogP contribution in [0.15, 0.2) is 28.8 Å². The highest BCUT2D eigenvalue weighted by Gasteiger charge is 2.27. The van der Waals surface area contributed by atoms with Gasteiger partial charge in [-0.15, -0.1) is 0 Å². The predicted molar refractivity (Wildman–Crippen MR) is 90.5 cm³/mol. The molecule has 8 nitrogen and oxygen atoms in total. The Hall–Kier alpha value is -2.90. The van der Waals surface area contributed by atoms with Gasteiger partial charge in [0.1, 0.15) is 12.6 Å². The second-order valence-electron chi connectivity index (χ2n) is 5.97. The molecule has 1 aliphatic heterocycles. The first kappa shape index (κ1) is 16.9. The number of nitrogens with zero attached hydrogens (tertiary/aromatic N) is 3. The van der Waals surface area contributed by atoms with Crippen molar-refractivity contribution in [1.29, 1.82) is 0 Å². The van der Waals surface area contributed by atoms with E-state index in [0.717, 1.165) is 11.1 Å². The molecule has 1 unspecified atom stereocenters. The topological polar surface area (TPSA) is 100 Å². The van der Waals surface area contributed by atoms with E-state index >= 15 is 0 Å². The highest BCUT2D eigenvalue weighted by Crippen LogP contribution is 2.17. The molecule has 0 radical (unpaired) electrons. The third kappa shape index (κ3) is 3.96. The molecule has 1 saturated heterocycles. The Labute approximate surface area is 145 Å². The number of carbonyl (C=O) groups excluding carboxylic acids is 2. The number of aryl methyl sites for hydroxylation is 1. The lowest BCUT2D eigenvalue weighted by atomic mass is 10.1. The number of hydrogen-bond acceptors (Lipinski definition) is 5. The van der Waals surface area contributed by atoms with E-state index in [2.05, 4.69) is 20.8 Å². The Balaban J connectivity index is 1.64. The molecule has 1 aromatic heterocycles. The lowest BCUT2D eigenvalue weighted by molar-refractivity contribution is -0.120. The van der Waals surface area contributed by atoms with Crippen molar-refractivity contribution in [2.24, 2.45) is 0 Å². The molecule has 2 N–H and O–H groups in total. The minimum atomic E-state index is -0.479. The molecule has 8 heteroatoms. The first-order valence-corrected chi connectivity index (χ1v) is 8.29. The van der Waals surface area contributed by atoms with Crippen LogP contribution in [0.1, 0.15) is 24.8 Å². The molecule has 0 saturated carbocycles. The number of hydrogen-bond donors (Lipinski definition) is 2. The summed E-state index contributed by atoms with van der Waals surface area (Å²) in [6, 6.07) is 7.00. The first-order chi connectivity index (χ1) is 12.1. The fourth-order valence-corrected chi connectivity index (χ4v) is 2.60. The summed E-state index contributed by atoms with van der Waals surface area (Å²) in [4.78, 5) is 29.8. The van der Waals surface area contributed by atoms with E-state index in [1.165, 1.54) is 4.90 Å². The van der Waals surface area contributed by atoms with Gasteiger partial charge in [-0.05, 0) is 20.3 Å². The zero-order valence-corrected chi connectivity index (χ0v) is 14.3. The smallest absolute Gasteiger partial charge is 0.318 e. The molecule has 3 amide bonds. The minimum absolute atomic E-state index is 0.149. The molecule has 1 fully saturated rings. The first-order valence-electron chi connectivity index (χ1n) is 8.29. The fraction of sp³-hybridized carbons (Fsp3) is 0.412. The molecule has 0 spiro atoms. The summed E-state index contributed by atoms with van der Waals surface area (Å²) in [7, 11) is 0. The zero-order valence-electron chi connectivity index (χ0n) is 14.3. The Morgan fingerprint density at radius 2 is 2.16 bits per heavy atom.